The van der Waals surface area contributed by atoms with E-state index in [-0.39, 0.29) is 5.91 Å². The molecule has 0 radical (unpaired) electrons. The van der Waals surface area contributed by atoms with Crippen LogP contribution < -0.4 is 10.1 Å². The molecule has 1 amide bonds. The fourth-order valence-electron chi connectivity index (χ4n) is 2.60. The van der Waals surface area contributed by atoms with Gasteiger partial charge >= 0.3 is 0 Å². The van der Waals surface area contributed by atoms with Crippen LogP contribution >= 0.6 is 15.9 Å². The number of hydrogen-bond donors (Lipinski definition) is 1. The summed E-state index contributed by atoms with van der Waals surface area (Å²) in [4.78, 5) is 12.0. The van der Waals surface area contributed by atoms with Crippen molar-refractivity contribution in [2.45, 2.75) is 45.1 Å². The molecule has 0 atom stereocenters. The lowest BCUT2D eigenvalue weighted by atomic mass is 9.95. The molecule has 0 aromatic heterocycles. The summed E-state index contributed by atoms with van der Waals surface area (Å²) in [7, 11) is 0. The highest BCUT2D eigenvalue weighted by Gasteiger charge is 2.14. The van der Waals surface area contributed by atoms with Gasteiger partial charge < -0.3 is 10.1 Å². The number of rotatable bonds is 5. The van der Waals surface area contributed by atoms with E-state index in [1.807, 2.05) is 31.2 Å². The van der Waals surface area contributed by atoms with Gasteiger partial charge in [-0.2, -0.15) is 0 Å². The number of carbonyl (C=O) groups is 1. The van der Waals surface area contributed by atoms with Crippen LogP contribution in [0.3, 0.4) is 0 Å². The minimum atomic E-state index is -0.0238. The van der Waals surface area contributed by atoms with E-state index in [0.29, 0.717) is 12.6 Å². The van der Waals surface area contributed by atoms with Gasteiger partial charge in [-0.1, -0.05) is 35.2 Å². The van der Waals surface area contributed by atoms with Crippen LogP contribution in [0.1, 0.15) is 44.6 Å². The van der Waals surface area contributed by atoms with Crippen LogP contribution in [0.5, 0.6) is 5.75 Å². The quantitative estimate of drug-likeness (QED) is 0.802. The largest absolute Gasteiger partial charge is 0.493 e. The van der Waals surface area contributed by atoms with E-state index in [0.717, 1.165) is 28.6 Å². The second-order valence-electron chi connectivity index (χ2n) is 5.29. The van der Waals surface area contributed by atoms with Crippen molar-refractivity contribution in [2.75, 3.05) is 6.61 Å². The zero-order valence-electron chi connectivity index (χ0n) is 12.4. The lowest BCUT2D eigenvalue weighted by molar-refractivity contribution is -0.117. The molecule has 4 heteroatoms. The van der Waals surface area contributed by atoms with E-state index in [1.165, 1.54) is 19.3 Å². The molecule has 0 unspecified atom stereocenters. The minimum Gasteiger partial charge on any atom is -0.493 e. The first-order chi connectivity index (χ1) is 10.2. The minimum absolute atomic E-state index is 0.0238. The van der Waals surface area contributed by atoms with Gasteiger partial charge in [0.25, 0.3) is 0 Å². The Kier molecular flexibility index (Phi) is 6.30. The van der Waals surface area contributed by atoms with Crippen LogP contribution in [0, 0.1) is 0 Å². The summed E-state index contributed by atoms with van der Waals surface area (Å²) < 4.78 is 6.54. The lowest BCUT2D eigenvalue weighted by Crippen LogP contribution is -2.34. The van der Waals surface area contributed by atoms with Gasteiger partial charge in [0.1, 0.15) is 5.75 Å². The maximum absolute atomic E-state index is 12.0. The molecular formula is C17H22BrNO2. The predicted octanol–water partition coefficient (Wildman–Crippen LogP) is 4.31. The van der Waals surface area contributed by atoms with Gasteiger partial charge in [-0.05, 0) is 44.0 Å². The molecule has 2 rings (SSSR count). The molecule has 1 aromatic carbocycles. The summed E-state index contributed by atoms with van der Waals surface area (Å²) in [5.74, 6) is 0.770. The predicted molar refractivity (Wildman–Crippen MR) is 89.4 cm³/mol. The Hall–Kier alpha value is -1.29. The molecule has 1 aliphatic carbocycles. The van der Waals surface area contributed by atoms with E-state index in [4.69, 9.17) is 4.74 Å². The maximum Gasteiger partial charge on any atom is 0.244 e. The topological polar surface area (TPSA) is 38.3 Å². The molecule has 3 nitrogen and oxygen atoms in total. The summed E-state index contributed by atoms with van der Waals surface area (Å²) in [6.45, 7) is 2.56. The number of nitrogens with one attached hydrogen (secondary N) is 1. The second-order valence-corrected chi connectivity index (χ2v) is 6.21. The van der Waals surface area contributed by atoms with Crippen molar-refractivity contribution >= 4 is 27.9 Å². The molecule has 114 valence electrons. The van der Waals surface area contributed by atoms with Crippen LogP contribution in [0.2, 0.25) is 0 Å². The zero-order valence-corrected chi connectivity index (χ0v) is 14.0. The van der Waals surface area contributed by atoms with Crippen LogP contribution in [0.25, 0.3) is 6.08 Å². The first-order valence-corrected chi connectivity index (χ1v) is 8.39. The molecule has 1 aliphatic rings. The molecule has 1 fully saturated rings. The summed E-state index contributed by atoms with van der Waals surface area (Å²) in [6, 6.07) is 6.14. The Morgan fingerprint density at radius 2 is 2.14 bits per heavy atom. The summed E-state index contributed by atoms with van der Waals surface area (Å²) in [5.41, 5.74) is 0.907. The lowest BCUT2D eigenvalue weighted by Gasteiger charge is -2.21. The highest BCUT2D eigenvalue weighted by Crippen LogP contribution is 2.24. The Balaban J connectivity index is 1.98. The molecule has 0 aliphatic heterocycles. The first-order valence-electron chi connectivity index (χ1n) is 7.60. The number of amides is 1. The average Bonchev–Trinajstić information content (AvgIpc) is 2.49. The Bertz CT molecular complexity index is 508. The third-order valence-electron chi connectivity index (χ3n) is 3.64. The summed E-state index contributed by atoms with van der Waals surface area (Å²) in [5, 5.41) is 3.08. The van der Waals surface area contributed by atoms with E-state index in [1.54, 1.807) is 6.08 Å². The normalized spacial score (nSPS) is 16.1. The van der Waals surface area contributed by atoms with Gasteiger partial charge in [-0.3, -0.25) is 4.79 Å². The fraction of sp³-hybridized carbons (Fsp3) is 0.471. The van der Waals surface area contributed by atoms with E-state index >= 15 is 0 Å². The van der Waals surface area contributed by atoms with Crippen molar-refractivity contribution in [2.24, 2.45) is 0 Å². The van der Waals surface area contributed by atoms with Gasteiger partial charge in [0, 0.05) is 22.2 Å². The second kappa shape index (κ2) is 8.23. The van der Waals surface area contributed by atoms with Gasteiger partial charge in [0.15, 0.2) is 0 Å². The monoisotopic (exact) mass is 351 g/mol. The molecule has 1 saturated carbocycles. The van der Waals surface area contributed by atoms with Gasteiger partial charge in [0.2, 0.25) is 5.91 Å². The van der Waals surface area contributed by atoms with Crippen LogP contribution in [-0.2, 0) is 4.79 Å². The number of ether oxygens (including phenoxy) is 1. The van der Waals surface area contributed by atoms with Gasteiger partial charge in [-0.15, -0.1) is 0 Å². The van der Waals surface area contributed by atoms with Crippen molar-refractivity contribution in [3.8, 4) is 5.75 Å². The Labute approximate surface area is 134 Å². The van der Waals surface area contributed by atoms with E-state index in [2.05, 4.69) is 21.2 Å². The van der Waals surface area contributed by atoms with Crippen molar-refractivity contribution in [1.82, 2.24) is 5.32 Å². The molecular weight excluding hydrogens is 330 g/mol. The van der Waals surface area contributed by atoms with Crippen LogP contribution in [-0.4, -0.2) is 18.6 Å². The summed E-state index contributed by atoms with van der Waals surface area (Å²) in [6.07, 6.45) is 9.33. The van der Waals surface area contributed by atoms with Gasteiger partial charge in [0.05, 0.1) is 6.61 Å². The third-order valence-corrected chi connectivity index (χ3v) is 4.13. The fourth-order valence-corrected chi connectivity index (χ4v) is 2.98. The molecule has 0 spiro atoms. The SMILES string of the molecule is CCOc1ccc(Br)cc1/C=C/C(=O)NC1CCCCC1. The third kappa shape index (κ3) is 5.20. The molecule has 21 heavy (non-hydrogen) atoms. The Morgan fingerprint density at radius 3 is 2.86 bits per heavy atom. The van der Waals surface area contributed by atoms with E-state index in [9.17, 15) is 4.79 Å². The summed E-state index contributed by atoms with van der Waals surface area (Å²) >= 11 is 3.44. The smallest absolute Gasteiger partial charge is 0.244 e. The van der Waals surface area contributed by atoms with Crippen molar-refractivity contribution in [1.29, 1.82) is 0 Å². The molecule has 1 N–H and O–H groups in total. The van der Waals surface area contributed by atoms with Crippen LogP contribution in [0.15, 0.2) is 28.7 Å². The number of halogens is 1. The highest BCUT2D eigenvalue weighted by atomic mass is 79.9. The molecule has 0 bridgehead atoms. The number of hydrogen-bond acceptors (Lipinski definition) is 2. The number of benzene rings is 1. The van der Waals surface area contributed by atoms with Gasteiger partial charge in [-0.25, -0.2) is 0 Å². The van der Waals surface area contributed by atoms with Crippen molar-refractivity contribution < 1.29 is 9.53 Å². The molecule has 0 heterocycles. The first kappa shape index (κ1) is 16.1. The Morgan fingerprint density at radius 1 is 1.38 bits per heavy atom. The molecule has 0 saturated heterocycles. The standard InChI is InChI=1S/C17H22BrNO2/c1-2-21-16-10-9-14(18)12-13(16)8-11-17(20)19-15-6-4-3-5-7-15/h8-12,15H,2-7H2,1H3,(H,19,20)/b11-8+. The zero-order chi connectivity index (χ0) is 15.1. The highest BCUT2D eigenvalue weighted by molar-refractivity contribution is 9.10. The number of carbonyl (C=O) groups excluding carboxylic acids is 1. The van der Waals surface area contributed by atoms with Crippen LogP contribution in [0.4, 0.5) is 0 Å². The molecule has 1 aromatic rings. The van der Waals surface area contributed by atoms with Crippen molar-refractivity contribution in [3.63, 3.8) is 0 Å². The van der Waals surface area contributed by atoms with Crippen molar-refractivity contribution in [3.05, 3.63) is 34.3 Å². The average molecular weight is 352 g/mol. The maximum atomic E-state index is 12.0. The van der Waals surface area contributed by atoms with E-state index < -0.39 is 0 Å².